The first-order valence-electron chi connectivity index (χ1n) is 9.93. The molecule has 148 valence electrons. The van der Waals surface area contributed by atoms with Crippen LogP contribution in [0, 0.1) is 5.92 Å². The van der Waals surface area contributed by atoms with Crippen LogP contribution in [0.15, 0.2) is 64.3 Å². The Morgan fingerprint density at radius 1 is 1.10 bits per heavy atom. The first kappa shape index (κ1) is 17.1. The summed E-state index contributed by atoms with van der Waals surface area (Å²) in [6, 6.07) is 13.4. The fourth-order valence-corrected chi connectivity index (χ4v) is 3.99. The zero-order chi connectivity index (χ0) is 20.2. The van der Waals surface area contributed by atoms with Gasteiger partial charge in [0.2, 0.25) is 11.7 Å². The molecule has 6 rings (SSSR count). The molecule has 1 saturated carbocycles. The number of rotatable bonds is 4. The van der Waals surface area contributed by atoms with E-state index in [1.165, 1.54) is 0 Å². The molecular formula is C22H18N6O2. The molecule has 8 nitrogen and oxygen atoms in total. The number of benzene rings is 1. The van der Waals surface area contributed by atoms with Crippen LogP contribution in [0.5, 0.6) is 0 Å². The van der Waals surface area contributed by atoms with Crippen LogP contribution in [0.3, 0.4) is 0 Å². The number of nitrogens with zero attached hydrogens (tertiary/aromatic N) is 6. The minimum absolute atomic E-state index is 0.169. The lowest BCUT2D eigenvalue weighted by Gasteiger charge is -2.12. The summed E-state index contributed by atoms with van der Waals surface area (Å²) in [7, 11) is 0. The highest BCUT2D eigenvalue weighted by Crippen LogP contribution is 2.46. The lowest BCUT2D eigenvalue weighted by atomic mass is 10.2. The average Bonchev–Trinajstić information content (AvgIpc) is 3.17. The zero-order valence-corrected chi connectivity index (χ0v) is 16.3. The van der Waals surface area contributed by atoms with Crippen LogP contribution >= 0.6 is 0 Å². The van der Waals surface area contributed by atoms with Gasteiger partial charge in [0.15, 0.2) is 0 Å². The van der Waals surface area contributed by atoms with Crippen LogP contribution in [0.2, 0.25) is 0 Å². The van der Waals surface area contributed by atoms with Crippen LogP contribution in [0.4, 0.5) is 0 Å². The molecule has 1 fully saturated rings. The Morgan fingerprint density at radius 2 is 1.90 bits per heavy atom. The summed E-state index contributed by atoms with van der Waals surface area (Å²) in [4.78, 5) is 27.0. The largest absolute Gasteiger partial charge is 0.339 e. The van der Waals surface area contributed by atoms with Crippen LogP contribution in [0.25, 0.3) is 28.1 Å². The standard InChI is InChI=1S/C22H18N6O2/c1-13-10-15(13)21-25-20(26-30-21)18-19-22(29)27(11-14-6-4-5-9-23-14)16-7-2-3-8-17(16)28(19)12-24-18/h2-9,12-13,15H,10-11H2,1H3. The highest BCUT2D eigenvalue weighted by molar-refractivity contribution is 5.83. The molecular weight excluding hydrogens is 380 g/mol. The van der Waals surface area contributed by atoms with E-state index in [0.717, 1.165) is 23.1 Å². The number of aromatic nitrogens is 6. The van der Waals surface area contributed by atoms with Crippen molar-refractivity contribution in [1.82, 2.24) is 29.1 Å². The first-order valence-corrected chi connectivity index (χ1v) is 9.93. The van der Waals surface area contributed by atoms with E-state index < -0.39 is 0 Å². The van der Waals surface area contributed by atoms with Crippen LogP contribution in [-0.4, -0.2) is 29.1 Å². The predicted octanol–water partition coefficient (Wildman–Crippen LogP) is 3.27. The van der Waals surface area contributed by atoms with E-state index in [9.17, 15) is 4.79 Å². The van der Waals surface area contributed by atoms with Crippen LogP contribution < -0.4 is 5.56 Å². The minimum atomic E-state index is -0.169. The van der Waals surface area contributed by atoms with Gasteiger partial charge < -0.3 is 4.52 Å². The quantitative estimate of drug-likeness (QED) is 0.461. The third kappa shape index (κ3) is 2.57. The lowest BCUT2D eigenvalue weighted by molar-refractivity contribution is 0.376. The Bertz CT molecular complexity index is 1450. The summed E-state index contributed by atoms with van der Waals surface area (Å²) in [5.41, 5.74) is 3.19. The molecule has 5 aromatic rings. The SMILES string of the molecule is CC1CC1c1nc(-c2ncn3c2c(=O)n(Cc2ccccn2)c2ccccc23)no1. The summed E-state index contributed by atoms with van der Waals surface area (Å²) in [6.45, 7) is 2.52. The van der Waals surface area contributed by atoms with E-state index in [-0.39, 0.29) is 5.56 Å². The summed E-state index contributed by atoms with van der Waals surface area (Å²) in [5, 5.41) is 4.12. The lowest BCUT2D eigenvalue weighted by Crippen LogP contribution is -2.24. The van der Waals surface area contributed by atoms with Gasteiger partial charge in [-0.25, -0.2) is 4.98 Å². The van der Waals surface area contributed by atoms with Gasteiger partial charge in [0, 0.05) is 12.1 Å². The Kier molecular flexibility index (Phi) is 3.61. The van der Waals surface area contributed by atoms with Crippen molar-refractivity contribution in [3.63, 3.8) is 0 Å². The van der Waals surface area contributed by atoms with Crippen molar-refractivity contribution in [2.24, 2.45) is 5.92 Å². The predicted molar refractivity (Wildman–Crippen MR) is 110 cm³/mol. The summed E-state index contributed by atoms with van der Waals surface area (Å²) >= 11 is 0. The molecule has 0 radical (unpaired) electrons. The van der Waals surface area contributed by atoms with Gasteiger partial charge >= 0.3 is 0 Å². The van der Waals surface area contributed by atoms with Gasteiger partial charge in [-0.15, -0.1) is 0 Å². The molecule has 4 aromatic heterocycles. The molecule has 1 aliphatic carbocycles. The van der Waals surface area contributed by atoms with Crippen molar-refractivity contribution in [1.29, 1.82) is 0 Å². The Morgan fingerprint density at radius 3 is 2.67 bits per heavy atom. The summed E-state index contributed by atoms with van der Waals surface area (Å²) in [6.07, 6.45) is 4.42. The van der Waals surface area contributed by atoms with E-state index in [4.69, 9.17) is 4.52 Å². The van der Waals surface area contributed by atoms with Crippen molar-refractivity contribution in [2.75, 3.05) is 0 Å². The Balaban J connectivity index is 1.58. The summed E-state index contributed by atoms with van der Waals surface area (Å²) < 4.78 is 8.98. The molecule has 0 spiro atoms. The number of para-hydroxylation sites is 2. The summed E-state index contributed by atoms with van der Waals surface area (Å²) in [5.74, 6) is 1.83. The van der Waals surface area contributed by atoms with Crippen molar-refractivity contribution in [3.05, 3.63) is 76.9 Å². The fourth-order valence-electron chi connectivity index (χ4n) is 3.99. The van der Waals surface area contributed by atoms with Gasteiger partial charge in [0.1, 0.15) is 17.5 Å². The number of fused-ring (bicyclic) bond motifs is 3. The van der Waals surface area contributed by atoms with Crippen LogP contribution in [0.1, 0.15) is 30.8 Å². The van der Waals surface area contributed by atoms with Crippen molar-refractivity contribution >= 4 is 16.6 Å². The third-order valence-electron chi connectivity index (χ3n) is 5.77. The van der Waals surface area contributed by atoms with Gasteiger partial charge in [-0.3, -0.25) is 18.7 Å². The zero-order valence-electron chi connectivity index (χ0n) is 16.3. The molecule has 0 aliphatic heterocycles. The monoisotopic (exact) mass is 398 g/mol. The molecule has 2 unspecified atom stereocenters. The first-order chi connectivity index (χ1) is 14.7. The van der Waals surface area contributed by atoms with Crippen molar-refractivity contribution < 1.29 is 4.52 Å². The molecule has 0 amide bonds. The molecule has 1 aromatic carbocycles. The fraction of sp³-hybridized carbons (Fsp3) is 0.227. The highest BCUT2D eigenvalue weighted by atomic mass is 16.5. The number of imidazole rings is 1. The molecule has 0 bridgehead atoms. The molecule has 30 heavy (non-hydrogen) atoms. The molecule has 0 N–H and O–H groups in total. The topological polar surface area (TPSA) is 91.1 Å². The van der Waals surface area contributed by atoms with Crippen molar-refractivity contribution in [3.8, 4) is 11.5 Å². The highest BCUT2D eigenvalue weighted by Gasteiger charge is 2.39. The van der Waals surface area contributed by atoms with Gasteiger partial charge in [-0.2, -0.15) is 4.98 Å². The molecule has 8 heteroatoms. The van der Waals surface area contributed by atoms with Gasteiger partial charge in [-0.1, -0.05) is 30.3 Å². The maximum Gasteiger partial charge on any atom is 0.278 e. The van der Waals surface area contributed by atoms with Gasteiger partial charge in [-0.05, 0) is 36.6 Å². The third-order valence-corrected chi connectivity index (χ3v) is 5.77. The van der Waals surface area contributed by atoms with Gasteiger partial charge in [0.25, 0.3) is 5.56 Å². The molecule has 2 atom stereocenters. The molecule has 4 heterocycles. The van der Waals surface area contributed by atoms with E-state index in [0.29, 0.717) is 41.3 Å². The van der Waals surface area contributed by atoms with E-state index in [1.54, 1.807) is 21.5 Å². The Labute approximate surface area is 170 Å². The molecule has 0 saturated heterocycles. The Hall–Kier alpha value is -3.81. The second kappa shape index (κ2) is 6.35. The number of pyridine rings is 1. The molecule has 1 aliphatic rings. The second-order valence-electron chi connectivity index (χ2n) is 7.79. The van der Waals surface area contributed by atoms with Crippen molar-refractivity contribution in [2.45, 2.75) is 25.8 Å². The van der Waals surface area contributed by atoms with Crippen LogP contribution in [-0.2, 0) is 6.54 Å². The average molecular weight is 398 g/mol. The number of hydrogen-bond acceptors (Lipinski definition) is 6. The smallest absolute Gasteiger partial charge is 0.278 e. The minimum Gasteiger partial charge on any atom is -0.339 e. The maximum absolute atomic E-state index is 13.6. The van der Waals surface area contributed by atoms with E-state index >= 15 is 0 Å². The van der Waals surface area contributed by atoms with E-state index in [1.807, 2.05) is 42.5 Å². The normalized spacial score (nSPS) is 18.3. The maximum atomic E-state index is 13.6. The number of hydrogen-bond donors (Lipinski definition) is 0. The van der Waals surface area contributed by atoms with Gasteiger partial charge in [0.05, 0.1) is 23.3 Å². The van der Waals surface area contributed by atoms with E-state index in [2.05, 4.69) is 27.0 Å². The second-order valence-corrected chi connectivity index (χ2v) is 7.79.